The number of halogens is 1. The molecule has 0 bridgehead atoms. The predicted molar refractivity (Wildman–Crippen MR) is 87.7 cm³/mol. The van der Waals surface area contributed by atoms with E-state index in [9.17, 15) is 17.6 Å². The maximum Gasteiger partial charge on any atom is 0.264 e. The standard InChI is InChI=1S/C15H18FNO3S2/c1-4-17(10(2)9-22(3,19)20)15(18)14-8-11-7-12(16)5-6-13(11)21-14/h5-8,10H,4,9H2,1-3H3. The molecule has 2 rings (SSSR count). The van der Waals surface area contributed by atoms with Crippen LogP contribution in [0.15, 0.2) is 24.3 Å². The SMILES string of the molecule is CCN(C(=O)c1cc2cc(F)ccc2s1)C(C)CS(C)(=O)=O. The fraction of sp³-hybridized carbons (Fsp3) is 0.400. The fourth-order valence-corrected chi connectivity index (χ4v) is 4.50. The lowest BCUT2D eigenvalue weighted by molar-refractivity contribution is 0.0724. The topological polar surface area (TPSA) is 54.5 Å². The van der Waals surface area contributed by atoms with Crippen molar-refractivity contribution in [2.45, 2.75) is 19.9 Å². The quantitative estimate of drug-likeness (QED) is 0.839. The van der Waals surface area contributed by atoms with Crippen molar-refractivity contribution in [2.75, 3.05) is 18.6 Å². The molecule has 1 atom stereocenters. The molecule has 2 aromatic rings. The molecule has 0 radical (unpaired) electrons. The lowest BCUT2D eigenvalue weighted by atomic mass is 10.2. The third-order valence-electron chi connectivity index (χ3n) is 3.37. The van der Waals surface area contributed by atoms with Gasteiger partial charge in [0.15, 0.2) is 0 Å². The van der Waals surface area contributed by atoms with Gasteiger partial charge in [0.1, 0.15) is 15.7 Å². The van der Waals surface area contributed by atoms with E-state index in [0.29, 0.717) is 16.8 Å². The minimum atomic E-state index is -3.16. The van der Waals surface area contributed by atoms with Crippen LogP contribution < -0.4 is 0 Å². The van der Waals surface area contributed by atoms with Gasteiger partial charge in [0.25, 0.3) is 5.91 Å². The summed E-state index contributed by atoms with van der Waals surface area (Å²) in [6.45, 7) is 3.94. The zero-order valence-electron chi connectivity index (χ0n) is 12.7. The first-order valence-corrected chi connectivity index (χ1v) is 9.76. The lowest BCUT2D eigenvalue weighted by Crippen LogP contribution is -2.41. The first kappa shape index (κ1) is 16.9. The molecule has 0 saturated carbocycles. The summed E-state index contributed by atoms with van der Waals surface area (Å²) in [6.07, 6.45) is 1.16. The molecule has 0 aliphatic heterocycles. The molecular weight excluding hydrogens is 325 g/mol. The number of benzene rings is 1. The Morgan fingerprint density at radius 2 is 2.05 bits per heavy atom. The van der Waals surface area contributed by atoms with Crippen LogP contribution in [0, 0.1) is 5.82 Å². The third kappa shape index (κ3) is 3.84. The summed E-state index contributed by atoms with van der Waals surface area (Å²) >= 11 is 1.29. The highest BCUT2D eigenvalue weighted by molar-refractivity contribution is 7.90. The van der Waals surface area contributed by atoms with Crippen LogP contribution in [0.25, 0.3) is 10.1 Å². The third-order valence-corrected chi connectivity index (χ3v) is 5.56. The first-order chi connectivity index (χ1) is 10.2. The number of hydrogen-bond acceptors (Lipinski definition) is 4. The van der Waals surface area contributed by atoms with Gasteiger partial charge in [-0.2, -0.15) is 0 Å². The van der Waals surface area contributed by atoms with Gasteiger partial charge >= 0.3 is 0 Å². The molecule has 1 heterocycles. The lowest BCUT2D eigenvalue weighted by Gasteiger charge is -2.27. The van der Waals surface area contributed by atoms with Crippen LogP contribution in [-0.2, 0) is 9.84 Å². The Morgan fingerprint density at radius 1 is 1.36 bits per heavy atom. The van der Waals surface area contributed by atoms with Gasteiger partial charge in [-0.25, -0.2) is 12.8 Å². The summed E-state index contributed by atoms with van der Waals surface area (Å²) in [5.41, 5.74) is 0. The summed E-state index contributed by atoms with van der Waals surface area (Å²) in [4.78, 5) is 14.6. The Kier molecular flexibility index (Phi) is 4.87. The van der Waals surface area contributed by atoms with Gasteiger partial charge in [0.05, 0.1) is 10.6 Å². The van der Waals surface area contributed by atoms with E-state index < -0.39 is 15.9 Å². The summed E-state index contributed by atoms with van der Waals surface area (Å²) in [7, 11) is -3.16. The number of carbonyl (C=O) groups excluding carboxylic acids is 1. The average molecular weight is 343 g/mol. The van der Waals surface area contributed by atoms with Gasteiger partial charge in [0, 0.05) is 23.5 Å². The summed E-state index contributed by atoms with van der Waals surface area (Å²) in [5.74, 6) is -0.645. The van der Waals surface area contributed by atoms with Crippen LogP contribution in [-0.4, -0.2) is 43.8 Å². The van der Waals surface area contributed by atoms with Crippen molar-refractivity contribution < 1.29 is 17.6 Å². The summed E-state index contributed by atoms with van der Waals surface area (Å²) < 4.78 is 36.9. The van der Waals surface area contributed by atoms with E-state index in [1.165, 1.54) is 28.4 Å². The zero-order valence-corrected chi connectivity index (χ0v) is 14.3. The predicted octanol–water partition coefficient (Wildman–Crippen LogP) is 2.94. The number of carbonyl (C=O) groups is 1. The number of sulfone groups is 1. The molecular formula is C15H18FNO3S2. The highest BCUT2D eigenvalue weighted by Crippen LogP contribution is 2.27. The molecule has 0 N–H and O–H groups in total. The second-order valence-electron chi connectivity index (χ2n) is 5.33. The first-order valence-electron chi connectivity index (χ1n) is 6.89. The van der Waals surface area contributed by atoms with Crippen LogP contribution in [0.1, 0.15) is 23.5 Å². The highest BCUT2D eigenvalue weighted by atomic mass is 32.2. The van der Waals surface area contributed by atoms with E-state index in [1.807, 2.05) is 6.92 Å². The van der Waals surface area contributed by atoms with Gasteiger partial charge in [-0.1, -0.05) is 0 Å². The van der Waals surface area contributed by atoms with Crippen LogP contribution in [0.3, 0.4) is 0 Å². The van der Waals surface area contributed by atoms with E-state index in [-0.39, 0.29) is 17.5 Å². The average Bonchev–Trinajstić information content (AvgIpc) is 2.80. The number of amides is 1. The molecule has 0 fully saturated rings. The van der Waals surface area contributed by atoms with Crippen LogP contribution in [0.2, 0.25) is 0 Å². The van der Waals surface area contributed by atoms with E-state index in [0.717, 1.165) is 11.0 Å². The Labute approximate surface area is 133 Å². The Balaban J connectivity index is 2.30. The largest absolute Gasteiger partial charge is 0.335 e. The summed E-state index contributed by atoms with van der Waals surface area (Å²) in [5, 5.41) is 0.681. The molecule has 0 saturated heterocycles. The molecule has 22 heavy (non-hydrogen) atoms. The molecule has 7 heteroatoms. The van der Waals surface area contributed by atoms with Crippen molar-refractivity contribution in [1.82, 2.24) is 4.90 Å². The highest BCUT2D eigenvalue weighted by Gasteiger charge is 2.24. The van der Waals surface area contributed by atoms with Gasteiger partial charge in [-0.05, 0) is 43.5 Å². The monoisotopic (exact) mass is 343 g/mol. The normalized spacial score (nSPS) is 13.3. The van der Waals surface area contributed by atoms with E-state index >= 15 is 0 Å². The van der Waals surface area contributed by atoms with Crippen molar-refractivity contribution in [3.8, 4) is 0 Å². The minimum absolute atomic E-state index is 0.0773. The van der Waals surface area contributed by atoms with Gasteiger partial charge in [-0.3, -0.25) is 4.79 Å². The van der Waals surface area contributed by atoms with Crippen molar-refractivity contribution in [3.63, 3.8) is 0 Å². The fourth-order valence-electron chi connectivity index (χ4n) is 2.44. The van der Waals surface area contributed by atoms with E-state index in [2.05, 4.69) is 0 Å². The molecule has 1 aromatic heterocycles. The van der Waals surface area contributed by atoms with Gasteiger partial charge in [-0.15, -0.1) is 11.3 Å². The summed E-state index contributed by atoms with van der Waals surface area (Å²) in [6, 6.07) is 5.63. The second-order valence-corrected chi connectivity index (χ2v) is 8.59. The van der Waals surface area contributed by atoms with Crippen molar-refractivity contribution in [3.05, 3.63) is 35.0 Å². The van der Waals surface area contributed by atoms with Crippen LogP contribution in [0.5, 0.6) is 0 Å². The minimum Gasteiger partial charge on any atom is -0.335 e. The van der Waals surface area contributed by atoms with Crippen LogP contribution >= 0.6 is 11.3 Å². The maximum absolute atomic E-state index is 13.2. The maximum atomic E-state index is 13.2. The Bertz CT molecular complexity index is 798. The van der Waals surface area contributed by atoms with Crippen molar-refractivity contribution in [1.29, 1.82) is 0 Å². The van der Waals surface area contributed by atoms with E-state index in [4.69, 9.17) is 0 Å². The van der Waals surface area contributed by atoms with Crippen molar-refractivity contribution in [2.24, 2.45) is 0 Å². The molecule has 0 aliphatic carbocycles. The van der Waals surface area contributed by atoms with E-state index in [1.54, 1.807) is 19.1 Å². The molecule has 120 valence electrons. The smallest absolute Gasteiger partial charge is 0.264 e. The van der Waals surface area contributed by atoms with Gasteiger partial charge < -0.3 is 4.90 Å². The molecule has 1 aromatic carbocycles. The molecule has 0 spiro atoms. The Hall–Kier alpha value is -1.47. The van der Waals surface area contributed by atoms with Crippen LogP contribution in [0.4, 0.5) is 4.39 Å². The zero-order chi connectivity index (χ0) is 16.5. The Morgan fingerprint density at radius 3 is 2.64 bits per heavy atom. The second kappa shape index (κ2) is 6.34. The van der Waals surface area contributed by atoms with Crippen molar-refractivity contribution >= 4 is 37.2 Å². The number of rotatable bonds is 5. The number of hydrogen-bond donors (Lipinski definition) is 0. The molecule has 4 nitrogen and oxygen atoms in total. The van der Waals surface area contributed by atoms with Gasteiger partial charge in [0.2, 0.25) is 0 Å². The number of thiophene rings is 1. The molecule has 0 aliphatic rings. The molecule has 1 unspecified atom stereocenters. The molecule has 1 amide bonds. The number of nitrogens with zero attached hydrogens (tertiary/aromatic N) is 1. The number of fused-ring (bicyclic) bond motifs is 1.